The van der Waals surface area contributed by atoms with Crippen molar-refractivity contribution in [1.82, 2.24) is 9.78 Å². The number of aromatic nitrogens is 2. The SMILES string of the molecule is COC(=O)c1sc(NC(=O)c2ccn(COc3ccc(Br)cc3Cl)n2)c(C(=O)OC)c1C. The molecule has 0 saturated carbocycles. The van der Waals surface area contributed by atoms with Crippen LogP contribution >= 0.6 is 38.9 Å². The molecule has 0 aliphatic heterocycles. The van der Waals surface area contributed by atoms with Crippen molar-refractivity contribution in [2.45, 2.75) is 13.7 Å². The Hall–Kier alpha value is -2.89. The van der Waals surface area contributed by atoms with Crippen LogP contribution in [0.1, 0.15) is 36.1 Å². The van der Waals surface area contributed by atoms with Crippen LogP contribution in [0.3, 0.4) is 0 Å². The van der Waals surface area contributed by atoms with Gasteiger partial charge < -0.3 is 19.5 Å². The number of hydrogen-bond donors (Lipinski definition) is 1. The van der Waals surface area contributed by atoms with Gasteiger partial charge >= 0.3 is 11.9 Å². The van der Waals surface area contributed by atoms with E-state index in [4.69, 9.17) is 25.8 Å². The number of nitrogens with one attached hydrogen (secondary N) is 1. The van der Waals surface area contributed by atoms with E-state index < -0.39 is 17.8 Å². The molecule has 0 aliphatic carbocycles. The Morgan fingerprint density at radius 2 is 1.91 bits per heavy atom. The zero-order valence-electron chi connectivity index (χ0n) is 17.1. The van der Waals surface area contributed by atoms with Crippen LogP contribution in [-0.2, 0) is 16.2 Å². The maximum atomic E-state index is 12.7. The monoisotopic (exact) mass is 541 g/mol. The second-order valence-corrected chi connectivity index (χ2v) is 8.63. The van der Waals surface area contributed by atoms with E-state index in [1.54, 1.807) is 31.3 Å². The molecule has 2 aromatic heterocycles. The highest BCUT2D eigenvalue weighted by molar-refractivity contribution is 9.10. The van der Waals surface area contributed by atoms with E-state index >= 15 is 0 Å². The topological polar surface area (TPSA) is 109 Å². The summed E-state index contributed by atoms with van der Waals surface area (Å²) in [6.07, 6.45) is 1.56. The summed E-state index contributed by atoms with van der Waals surface area (Å²) in [6, 6.07) is 6.67. The first-order valence-corrected chi connectivity index (χ1v) is 11.0. The maximum absolute atomic E-state index is 12.7. The van der Waals surface area contributed by atoms with E-state index in [-0.39, 0.29) is 27.9 Å². The highest BCUT2D eigenvalue weighted by Crippen LogP contribution is 2.34. The standard InChI is InChI=1S/C20H17BrClN3O6S/c1-10-15(19(27)29-2)18(32-16(10)20(28)30-3)23-17(26)13-6-7-25(24-13)9-31-14-5-4-11(21)8-12(14)22/h4-8H,9H2,1-3H3,(H,23,26). The van der Waals surface area contributed by atoms with Crippen molar-refractivity contribution in [1.29, 1.82) is 0 Å². The van der Waals surface area contributed by atoms with E-state index in [2.05, 4.69) is 26.3 Å². The van der Waals surface area contributed by atoms with Gasteiger partial charge in [0.05, 0.1) is 24.8 Å². The Balaban J connectivity index is 1.76. The smallest absolute Gasteiger partial charge is 0.348 e. The first-order valence-electron chi connectivity index (χ1n) is 8.97. The summed E-state index contributed by atoms with van der Waals surface area (Å²) in [5.74, 6) is -1.42. The van der Waals surface area contributed by atoms with Gasteiger partial charge in [-0.05, 0) is 36.8 Å². The largest absolute Gasteiger partial charge is 0.470 e. The van der Waals surface area contributed by atoms with Crippen LogP contribution in [0, 0.1) is 6.92 Å². The number of halogens is 2. The van der Waals surface area contributed by atoms with Crippen molar-refractivity contribution in [3.05, 3.63) is 61.7 Å². The molecule has 168 valence electrons. The second kappa shape index (κ2) is 10.2. The average molecular weight is 543 g/mol. The molecule has 0 unspecified atom stereocenters. The van der Waals surface area contributed by atoms with Gasteiger partial charge in [-0.3, -0.25) is 4.79 Å². The third-order valence-electron chi connectivity index (χ3n) is 4.25. The van der Waals surface area contributed by atoms with Crippen LogP contribution in [0.4, 0.5) is 5.00 Å². The van der Waals surface area contributed by atoms with Gasteiger partial charge in [0.2, 0.25) is 0 Å². The van der Waals surface area contributed by atoms with E-state index in [1.807, 2.05) is 0 Å². The lowest BCUT2D eigenvalue weighted by Crippen LogP contribution is -2.16. The number of esters is 2. The summed E-state index contributed by atoms with van der Waals surface area (Å²) >= 11 is 10.4. The minimum atomic E-state index is -0.686. The summed E-state index contributed by atoms with van der Waals surface area (Å²) < 4.78 is 17.4. The van der Waals surface area contributed by atoms with Crippen LogP contribution < -0.4 is 10.1 Å². The molecule has 0 aliphatic rings. The summed E-state index contributed by atoms with van der Waals surface area (Å²) in [6.45, 7) is 1.59. The summed E-state index contributed by atoms with van der Waals surface area (Å²) in [4.78, 5) is 37.1. The molecule has 2 heterocycles. The zero-order valence-corrected chi connectivity index (χ0v) is 20.3. The number of anilines is 1. The van der Waals surface area contributed by atoms with Crippen molar-refractivity contribution in [2.24, 2.45) is 0 Å². The van der Waals surface area contributed by atoms with Crippen molar-refractivity contribution in [2.75, 3.05) is 19.5 Å². The predicted octanol–water partition coefficient (Wildman–Crippen LogP) is 4.53. The number of rotatable bonds is 7. The van der Waals surface area contributed by atoms with E-state index in [0.717, 1.165) is 15.8 Å². The van der Waals surface area contributed by atoms with Crippen LogP contribution in [-0.4, -0.2) is 41.8 Å². The van der Waals surface area contributed by atoms with Gasteiger partial charge in [-0.1, -0.05) is 27.5 Å². The summed E-state index contributed by atoms with van der Waals surface area (Å²) in [5, 5.41) is 7.37. The fraction of sp³-hybridized carbons (Fsp3) is 0.200. The van der Waals surface area contributed by atoms with E-state index in [0.29, 0.717) is 16.3 Å². The molecule has 0 radical (unpaired) electrons. The highest BCUT2D eigenvalue weighted by atomic mass is 79.9. The fourth-order valence-electron chi connectivity index (χ4n) is 2.69. The number of nitrogens with zero attached hydrogens (tertiary/aromatic N) is 2. The number of thiophene rings is 1. The first kappa shape index (κ1) is 23.8. The van der Waals surface area contributed by atoms with Crippen molar-refractivity contribution in [3.8, 4) is 5.75 Å². The molecule has 1 aromatic carbocycles. The van der Waals surface area contributed by atoms with Crippen molar-refractivity contribution < 1.29 is 28.6 Å². The fourth-order valence-corrected chi connectivity index (χ4v) is 4.52. The average Bonchev–Trinajstić information content (AvgIpc) is 3.37. The van der Waals surface area contributed by atoms with Gasteiger partial charge in [-0.25, -0.2) is 14.3 Å². The number of carbonyl (C=O) groups is 3. The number of carbonyl (C=O) groups excluding carboxylic acids is 3. The van der Waals surface area contributed by atoms with Crippen LogP contribution in [0.5, 0.6) is 5.75 Å². The molecule has 1 amide bonds. The van der Waals surface area contributed by atoms with Gasteiger partial charge in [-0.15, -0.1) is 11.3 Å². The van der Waals surface area contributed by atoms with Crippen molar-refractivity contribution >= 4 is 61.7 Å². The van der Waals surface area contributed by atoms with Gasteiger partial charge in [0.25, 0.3) is 5.91 Å². The minimum absolute atomic E-state index is 0.0205. The van der Waals surface area contributed by atoms with Gasteiger partial charge in [0, 0.05) is 10.7 Å². The molecule has 0 spiro atoms. The second-order valence-electron chi connectivity index (χ2n) is 6.29. The molecule has 1 N–H and O–H groups in total. The Bertz CT molecular complexity index is 1190. The molecule has 3 rings (SSSR count). The molecule has 0 bridgehead atoms. The zero-order chi connectivity index (χ0) is 23.4. The van der Waals surface area contributed by atoms with Crippen LogP contribution in [0.2, 0.25) is 5.02 Å². The lowest BCUT2D eigenvalue weighted by Gasteiger charge is -2.08. The van der Waals surface area contributed by atoms with Crippen LogP contribution in [0.25, 0.3) is 0 Å². The van der Waals surface area contributed by atoms with E-state index in [9.17, 15) is 14.4 Å². The lowest BCUT2D eigenvalue weighted by atomic mass is 10.1. The number of methoxy groups -OCH3 is 2. The Labute approximate surface area is 200 Å². The third-order valence-corrected chi connectivity index (χ3v) is 6.23. The summed E-state index contributed by atoms with van der Waals surface area (Å²) in [7, 11) is 2.44. The molecular formula is C20H17BrClN3O6S. The molecule has 0 fully saturated rings. The number of ether oxygens (including phenoxy) is 3. The predicted molar refractivity (Wildman–Crippen MR) is 122 cm³/mol. The normalized spacial score (nSPS) is 10.5. The summed E-state index contributed by atoms with van der Waals surface area (Å²) in [5.41, 5.74) is 0.519. The first-order chi connectivity index (χ1) is 15.2. The molecule has 9 nitrogen and oxygen atoms in total. The molecule has 0 saturated heterocycles. The molecule has 32 heavy (non-hydrogen) atoms. The molecule has 0 atom stereocenters. The van der Waals surface area contributed by atoms with Gasteiger partial charge in [0.1, 0.15) is 15.6 Å². The minimum Gasteiger partial charge on any atom is -0.470 e. The van der Waals surface area contributed by atoms with Gasteiger partial charge in [-0.2, -0.15) is 5.10 Å². The number of hydrogen-bond acceptors (Lipinski definition) is 8. The van der Waals surface area contributed by atoms with Gasteiger partial charge in [0.15, 0.2) is 12.4 Å². The van der Waals surface area contributed by atoms with E-state index in [1.165, 1.54) is 25.0 Å². The number of amides is 1. The Morgan fingerprint density at radius 1 is 1.19 bits per heavy atom. The molecule has 12 heteroatoms. The Morgan fingerprint density at radius 3 is 2.56 bits per heavy atom. The van der Waals surface area contributed by atoms with Crippen molar-refractivity contribution in [3.63, 3.8) is 0 Å². The lowest BCUT2D eigenvalue weighted by molar-refractivity contribution is 0.0601. The molecule has 3 aromatic rings. The Kier molecular flexibility index (Phi) is 7.54. The third kappa shape index (κ3) is 5.12. The maximum Gasteiger partial charge on any atom is 0.348 e. The highest BCUT2D eigenvalue weighted by Gasteiger charge is 2.27. The quantitative estimate of drug-likeness (QED) is 0.437. The van der Waals surface area contributed by atoms with Crippen LogP contribution in [0.15, 0.2) is 34.9 Å². The molecular weight excluding hydrogens is 526 g/mol. The number of benzene rings is 1.